The predicted octanol–water partition coefficient (Wildman–Crippen LogP) is 4.78. The average Bonchev–Trinajstić information content (AvgIpc) is 2.70. The van der Waals surface area contributed by atoms with E-state index in [-0.39, 0.29) is 18.4 Å². The third-order valence-electron chi connectivity index (χ3n) is 4.66. The van der Waals surface area contributed by atoms with E-state index in [1.165, 1.54) is 18.1 Å². The standard InChI is InChI=1S/C24H29ClN2O4/c1-7-31-24-19(25)12-18(13-20(24)30-6)8-9-22(29)27(5)14-21(28)26-23-16(3)10-15(2)11-17(23)4/h8-13H,7,14H2,1-6H3,(H,26,28)/b9-8+. The number of aryl methyl sites for hydroxylation is 3. The van der Waals surface area contributed by atoms with Gasteiger partial charge in [0.05, 0.1) is 25.3 Å². The summed E-state index contributed by atoms with van der Waals surface area (Å²) in [5, 5.41) is 3.29. The minimum absolute atomic E-state index is 0.0662. The maximum absolute atomic E-state index is 12.5. The molecule has 0 unspecified atom stereocenters. The van der Waals surface area contributed by atoms with Gasteiger partial charge in [0.2, 0.25) is 11.8 Å². The molecule has 0 radical (unpaired) electrons. The molecule has 2 amide bonds. The molecule has 0 aromatic heterocycles. The summed E-state index contributed by atoms with van der Waals surface area (Å²) in [7, 11) is 3.10. The molecule has 0 spiro atoms. The zero-order valence-electron chi connectivity index (χ0n) is 18.8. The summed E-state index contributed by atoms with van der Waals surface area (Å²) in [6, 6.07) is 7.44. The fourth-order valence-corrected chi connectivity index (χ4v) is 3.54. The Morgan fingerprint density at radius 3 is 2.35 bits per heavy atom. The van der Waals surface area contributed by atoms with Crippen LogP contribution in [0.1, 0.15) is 29.2 Å². The number of nitrogens with zero attached hydrogens (tertiary/aromatic N) is 1. The molecule has 0 atom stereocenters. The highest BCUT2D eigenvalue weighted by molar-refractivity contribution is 6.32. The van der Waals surface area contributed by atoms with Crippen LogP contribution in [0.25, 0.3) is 6.08 Å². The Labute approximate surface area is 188 Å². The van der Waals surface area contributed by atoms with Crippen molar-refractivity contribution in [3.05, 3.63) is 57.6 Å². The van der Waals surface area contributed by atoms with Crippen molar-refractivity contribution in [3.8, 4) is 11.5 Å². The third kappa shape index (κ3) is 6.49. The van der Waals surface area contributed by atoms with Gasteiger partial charge in [0.15, 0.2) is 11.5 Å². The summed E-state index contributed by atoms with van der Waals surface area (Å²) in [4.78, 5) is 26.2. The summed E-state index contributed by atoms with van der Waals surface area (Å²) in [6.45, 7) is 8.15. The second-order valence-electron chi connectivity index (χ2n) is 7.32. The summed E-state index contributed by atoms with van der Waals surface area (Å²) >= 11 is 6.26. The van der Waals surface area contributed by atoms with Gasteiger partial charge in [-0.15, -0.1) is 0 Å². The Morgan fingerprint density at radius 2 is 1.77 bits per heavy atom. The van der Waals surface area contributed by atoms with Crippen LogP contribution in [0.5, 0.6) is 11.5 Å². The summed E-state index contributed by atoms with van der Waals surface area (Å²) in [5.41, 5.74) is 4.57. The summed E-state index contributed by atoms with van der Waals surface area (Å²) in [5.74, 6) is 0.380. The molecule has 0 heterocycles. The van der Waals surface area contributed by atoms with Crippen molar-refractivity contribution in [1.82, 2.24) is 4.90 Å². The fraction of sp³-hybridized carbons (Fsp3) is 0.333. The van der Waals surface area contributed by atoms with E-state index >= 15 is 0 Å². The normalized spacial score (nSPS) is 10.8. The van der Waals surface area contributed by atoms with Crippen molar-refractivity contribution >= 4 is 35.2 Å². The van der Waals surface area contributed by atoms with Gasteiger partial charge in [0.1, 0.15) is 0 Å². The number of rotatable bonds is 8. The van der Waals surface area contributed by atoms with Gasteiger partial charge in [0, 0.05) is 18.8 Å². The lowest BCUT2D eigenvalue weighted by molar-refractivity contribution is -0.129. The number of hydrogen-bond acceptors (Lipinski definition) is 4. The molecule has 0 aliphatic heterocycles. The number of carbonyl (C=O) groups excluding carboxylic acids is 2. The van der Waals surface area contributed by atoms with E-state index < -0.39 is 0 Å². The molecular formula is C24H29ClN2O4. The van der Waals surface area contributed by atoms with Gasteiger partial charge in [-0.2, -0.15) is 0 Å². The SMILES string of the molecule is CCOc1c(Cl)cc(/C=C/C(=O)N(C)CC(=O)Nc2c(C)cc(C)cc2C)cc1OC. The van der Waals surface area contributed by atoms with Crippen molar-refractivity contribution in [2.75, 3.05) is 32.6 Å². The number of likely N-dealkylation sites (N-methyl/N-ethyl adjacent to an activating group) is 1. The van der Waals surface area contributed by atoms with E-state index in [0.717, 1.165) is 22.4 Å². The molecule has 6 nitrogen and oxygen atoms in total. The number of hydrogen-bond donors (Lipinski definition) is 1. The largest absolute Gasteiger partial charge is 0.493 e. The van der Waals surface area contributed by atoms with Crippen LogP contribution in [0.3, 0.4) is 0 Å². The van der Waals surface area contributed by atoms with Crippen LogP contribution < -0.4 is 14.8 Å². The second-order valence-corrected chi connectivity index (χ2v) is 7.72. The van der Waals surface area contributed by atoms with Gasteiger partial charge in [-0.25, -0.2) is 0 Å². The van der Waals surface area contributed by atoms with E-state index in [2.05, 4.69) is 5.32 Å². The first-order valence-electron chi connectivity index (χ1n) is 9.97. The van der Waals surface area contributed by atoms with Crippen LogP contribution in [0.15, 0.2) is 30.3 Å². The molecule has 2 aromatic rings. The number of ether oxygens (including phenoxy) is 2. The zero-order valence-corrected chi connectivity index (χ0v) is 19.6. The predicted molar refractivity (Wildman–Crippen MR) is 125 cm³/mol. The van der Waals surface area contributed by atoms with Gasteiger partial charge < -0.3 is 19.7 Å². The Kier molecular flexibility index (Phi) is 8.51. The Hall–Kier alpha value is -2.99. The number of nitrogens with one attached hydrogen (secondary N) is 1. The Bertz CT molecular complexity index is 978. The fourth-order valence-electron chi connectivity index (χ4n) is 3.26. The molecular weight excluding hydrogens is 416 g/mol. The zero-order chi connectivity index (χ0) is 23.1. The third-order valence-corrected chi connectivity index (χ3v) is 4.94. The maximum atomic E-state index is 12.5. The number of benzene rings is 2. The van der Waals surface area contributed by atoms with Crippen LogP contribution in [0.4, 0.5) is 5.69 Å². The molecule has 0 saturated carbocycles. The van der Waals surface area contributed by atoms with Crippen LogP contribution in [-0.4, -0.2) is 44.0 Å². The van der Waals surface area contributed by atoms with Crippen LogP contribution in [0.2, 0.25) is 5.02 Å². The molecule has 0 aliphatic carbocycles. The molecule has 31 heavy (non-hydrogen) atoms. The van der Waals surface area contributed by atoms with E-state index in [1.54, 1.807) is 25.3 Å². The van der Waals surface area contributed by atoms with Gasteiger partial charge in [0.25, 0.3) is 0 Å². The minimum Gasteiger partial charge on any atom is -0.493 e. The number of anilines is 1. The van der Waals surface area contributed by atoms with Crippen molar-refractivity contribution in [2.24, 2.45) is 0 Å². The van der Waals surface area contributed by atoms with Crippen molar-refractivity contribution in [2.45, 2.75) is 27.7 Å². The minimum atomic E-state index is -0.309. The Balaban J connectivity index is 2.05. The highest BCUT2D eigenvalue weighted by Gasteiger charge is 2.14. The molecule has 0 saturated heterocycles. The first-order valence-corrected chi connectivity index (χ1v) is 10.3. The first kappa shape index (κ1) is 24.3. The summed E-state index contributed by atoms with van der Waals surface area (Å²) in [6.07, 6.45) is 3.01. The molecule has 2 rings (SSSR count). The number of halogens is 1. The molecule has 1 N–H and O–H groups in total. The molecule has 0 fully saturated rings. The van der Waals surface area contributed by atoms with Crippen molar-refractivity contribution in [3.63, 3.8) is 0 Å². The number of methoxy groups -OCH3 is 1. The number of carbonyl (C=O) groups is 2. The quantitative estimate of drug-likeness (QED) is 0.595. The number of amides is 2. The first-order chi connectivity index (χ1) is 14.7. The van der Waals surface area contributed by atoms with Gasteiger partial charge in [-0.1, -0.05) is 29.3 Å². The second kappa shape index (κ2) is 10.9. The lowest BCUT2D eigenvalue weighted by Crippen LogP contribution is -2.34. The lowest BCUT2D eigenvalue weighted by Gasteiger charge is -2.17. The molecule has 166 valence electrons. The van der Waals surface area contributed by atoms with Gasteiger partial charge >= 0.3 is 0 Å². The molecule has 7 heteroatoms. The average molecular weight is 445 g/mol. The van der Waals surface area contributed by atoms with Gasteiger partial charge in [-0.05, 0) is 62.6 Å². The van der Waals surface area contributed by atoms with Crippen LogP contribution >= 0.6 is 11.6 Å². The lowest BCUT2D eigenvalue weighted by atomic mass is 10.1. The van der Waals surface area contributed by atoms with Crippen LogP contribution in [0, 0.1) is 20.8 Å². The van der Waals surface area contributed by atoms with E-state index in [4.69, 9.17) is 21.1 Å². The smallest absolute Gasteiger partial charge is 0.246 e. The van der Waals surface area contributed by atoms with Crippen molar-refractivity contribution < 1.29 is 19.1 Å². The monoisotopic (exact) mass is 444 g/mol. The van der Waals surface area contributed by atoms with Crippen molar-refractivity contribution in [1.29, 1.82) is 0 Å². The highest BCUT2D eigenvalue weighted by Crippen LogP contribution is 2.36. The molecule has 0 aliphatic rings. The summed E-state index contributed by atoms with van der Waals surface area (Å²) < 4.78 is 10.8. The van der Waals surface area contributed by atoms with Crippen LogP contribution in [-0.2, 0) is 9.59 Å². The maximum Gasteiger partial charge on any atom is 0.246 e. The van der Waals surface area contributed by atoms with E-state index in [9.17, 15) is 9.59 Å². The van der Waals surface area contributed by atoms with E-state index in [1.807, 2.05) is 39.8 Å². The molecule has 2 aromatic carbocycles. The topological polar surface area (TPSA) is 67.9 Å². The molecule has 0 bridgehead atoms. The van der Waals surface area contributed by atoms with Gasteiger partial charge in [-0.3, -0.25) is 9.59 Å². The highest BCUT2D eigenvalue weighted by atomic mass is 35.5. The Morgan fingerprint density at radius 1 is 1.13 bits per heavy atom. The van der Waals surface area contributed by atoms with E-state index in [0.29, 0.717) is 28.7 Å².